The Hall–Kier alpha value is -2.18. The zero-order chi connectivity index (χ0) is 17.7. The number of benzene rings is 1. The Balaban J connectivity index is 1.58. The first-order valence-electron chi connectivity index (χ1n) is 8.56. The highest BCUT2D eigenvalue weighted by atomic mass is 16.7. The topological polar surface area (TPSA) is 49.2 Å². The lowest BCUT2D eigenvalue weighted by Crippen LogP contribution is -2.41. The van der Waals surface area contributed by atoms with E-state index in [1.54, 1.807) is 0 Å². The smallest absolute Gasteiger partial charge is 0.399 e. The van der Waals surface area contributed by atoms with Crippen LogP contribution in [0.3, 0.4) is 0 Å². The number of hydrogen-bond acceptors (Lipinski definition) is 4. The van der Waals surface area contributed by atoms with E-state index in [1.165, 1.54) is 0 Å². The largest absolute Gasteiger partial charge is 0.498 e. The molecule has 0 saturated carbocycles. The molecule has 1 aliphatic heterocycles. The summed E-state index contributed by atoms with van der Waals surface area (Å²) in [6, 6.07) is 10.2. The number of aromatic nitrogens is 3. The third-order valence-electron chi connectivity index (χ3n) is 5.23. The summed E-state index contributed by atoms with van der Waals surface area (Å²) in [4.78, 5) is 4.51. The fourth-order valence-corrected chi connectivity index (χ4v) is 3.04. The van der Waals surface area contributed by atoms with Crippen LogP contribution in [0.1, 0.15) is 33.3 Å². The molecule has 25 heavy (non-hydrogen) atoms. The normalized spacial score (nSPS) is 18.8. The summed E-state index contributed by atoms with van der Waals surface area (Å²) in [5, 5.41) is 5.62. The van der Waals surface area contributed by atoms with Gasteiger partial charge in [0.2, 0.25) is 0 Å². The predicted molar refractivity (Wildman–Crippen MR) is 98.8 cm³/mol. The first-order valence-corrected chi connectivity index (χ1v) is 8.56. The number of hydrogen-bond donors (Lipinski definition) is 0. The van der Waals surface area contributed by atoms with Gasteiger partial charge >= 0.3 is 7.12 Å². The third-order valence-corrected chi connectivity index (χ3v) is 5.23. The van der Waals surface area contributed by atoms with Crippen molar-refractivity contribution in [3.05, 3.63) is 54.5 Å². The highest BCUT2D eigenvalue weighted by Crippen LogP contribution is 2.36. The van der Waals surface area contributed by atoms with Crippen molar-refractivity contribution in [2.45, 2.75) is 45.4 Å². The Bertz CT molecular complexity index is 898. The first kappa shape index (κ1) is 16.3. The molecule has 1 aromatic carbocycles. The molecule has 4 rings (SSSR count). The Kier molecular flexibility index (Phi) is 3.70. The van der Waals surface area contributed by atoms with E-state index in [1.807, 2.05) is 29.3 Å². The first-order chi connectivity index (χ1) is 11.9. The quantitative estimate of drug-likeness (QED) is 0.691. The van der Waals surface area contributed by atoms with Gasteiger partial charge in [0.1, 0.15) is 0 Å². The number of rotatable bonds is 3. The Morgan fingerprint density at radius 3 is 2.52 bits per heavy atom. The van der Waals surface area contributed by atoms with Crippen LogP contribution < -0.4 is 5.46 Å². The van der Waals surface area contributed by atoms with Crippen molar-refractivity contribution in [1.29, 1.82) is 0 Å². The standard InChI is InChI=1S/C19H22BN3O2/c1-18(2)19(3,4)25-20(24-18)16-11-22-23(13-16)12-15-8-5-7-14-9-6-10-21-17(14)15/h5-11,13H,12H2,1-4H3. The molecule has 3 heterocycles. The van der Waals surface area contributed by atoms with E-state index < -0.39 is 0 Å². The molecule has 0 unspecified atom stereocenters. The maximum Gasteiger partial charge on any atom is 0.498 e. The van der Waals surface area contributed by atoms with E-state index in [0.29, 0.717) is 6.54 Å². The van der Waals surface area contributed by atoms with Crippen LogP contribution in [0.2, 0.25) is 0 Å². The third kappa shape index (κ3) is 2.85. The summed E-state index contributed by atoms with van der Waals surface area (Å²) < 4.78 is 14.1. The summed E-state index contributed by atoms with van der Waals surface area (Å²) in [5.41, 5.74) is 2.39. The predicted octanol–water partition coefficient (Wildman–Crippen LogP) is 2.78. The molecule has 1 saturated heterocycles. The van der Waals surface area contributed by atoms with Crippen LogP contribution in [0.25, 0.3) is 10.9 Å². The molecule has 3 aromatic rings. The van der Waals surface area contributed by atoms with Crippen molar-refractivity contribution in [3.8, 4) is 0 Å². The van der Waals surface area contributed by atoms with Gasteiger partial charge in [0.15, 0.2) is 0 Å². The van der Waals surface area contributed by atoms with Crippen molar-refractivity contribution in [3.63, 3.8) is 0 Å². The van der Waals surface area contributed by atoms with Crippen LogP contribution in [0.5, 0.6) is 0 Å². The highest BCUT2D eigenvalue weighted by Gasteiger charge is 2.52. The minimum atomic E-state index is -0.385. The van der Waals surface area contributed by atoms with Crippen molar-refractivity contribution in [2.75, 3.05) is 0 Å². The van der Waals surface area contributed by atoms with Gasteiger partial charge in [-0.05, 0) is 39.3 Å². The van der Waals surface area contributed by atoms with Crippen LogP contribution >= 0.6 is 0 Å². The van der Waals surface area contributed by atoms with Crippen LogP contribution in [-0.4, -0.2) is 33.1 Å². The lowest BCUT2D eigenvalue weighted by atomic mass is 9.82. The Labute approximate surface area is 148 Å². The van der Waals surface area contributed by atoms with Crippen LogP contribution in [0, 0.1) is 0 Å². The molecular weight excluding hydrogens is 313 g/mol. The van der Waals surface area contributed by atoms with Gasteiger partial charge in [0, 0.05) is 29.4 Å². The Morgan fingerprint density at radius 1 is 1.04 bits per heavy atom. The van der Waals surface area contributed by atoms with Crippen molar-refractivity contribution in [1.82, 2.24) is 14.8 Å². The fraction of sp³-hybridized carbons (Fsp3) is 0.368. The van der Waals surface area contributed by atoms with E-state index in [2.05, 4.69) is 62.0 Å². The molecule has 1 fully saturated rings. The van der Waals surface area contributed by atoms with Crippen molar-refractivity contribution in [2.24, 2.45) is 0 Å². The molecule has 0 aliphatic carbocycles. The van der Waals surface area contributed by atoms with Crippen molar-refractivity contribution < 1.29 is 9.31 Å². The van der Waals surface area contributed by atoms with Gasteiger partial charge in [-0.1, -0.05) is 24.3 Å². The van der Waals surface area contributed by atoms with Gasteiger partial charge in [-0.3, -0.25) is 9.67 Å². The molecule has 0 spiro atoms. The SMILES string of the molecule is CC1(C)OB(c2cnn(Cc3cccc4cccnc34)c2)OC1(C)C. The molecule has 1 aliphatic rings. The molecule has 0 atom stereocenters. The highest BCUT2D eigenvalue weighted by molar-refractivity contribution is 6.62. The number of nitrogens with zero attached hydrogens (tertiary/aromatic N) is 3. The van der Waals surface area contributed by atoms with Gasteiger partial charge in [0.05, 0.1) is 23.3 Å². The second-order valence-electron chi connectivity index (χ2n) is 7.55. The fourth-order valence-electron chi connectivity index (χ4n) is 3.04. The molecule has 6 heteroatoms. The zero-order valence-electron chi connectivity index (χ0n) is 15.1. The van der Waals surface area contributed by atoms with Gasteiger partial charge in [-0.2, -0.15) is 5.10 Å². The zero-order valence-corrected chi connectivity index (χ0v) is 15.1. The number of pyridine rings is 1. The lowest BCUT2D eigenvalue weighted by molar-refractivity contribution is 0.00578. The molecule has 2 aromatic heterocycles. The summed E-state index contributed by atoms with van der Waals surface area (Å²) in [6.45, 7) is 8.88. The van der Waals surface area contributed by atoms with Gasteiger partial charge in [-0.15, -0.1) is 0 Å². The van der Waals surface area contributed by atoms with Crippen LogP contribution in [0.15, 0.2) is 48.9 Å². The molecular formula is C19H22BN3O2. The van der Waals surface area contributed by atoms with Crippen LogP contribution in [0.4, 0.5) is 0 Å². The van der Waals surface area contributed by atoms with Gasteiger partial charge in [0.25, 0.3) is 0 Å². The molecule has 0 N–H and O–H groups in total. The Morgan fingerprint density at radius 2 is 1.76 bits per heavy atom. The molecule has 0 radical (unpaired) electrons. The van der Waals surface area contributed by atoms with E-state index in [0.717, 1.165) is 21.9 Å². The monoisotopic (exact) mass is 335 g/mol. The van der Waals surface area contributed by atoms with Gasteiger partial charge in [-0.25, -0.2) is 0 Å². The molecule has 5 nitrogen and oxygen atoms in total. The average Bonchev–Trinajstić information content (AvgIpc) is 3.10. The number of fused-ring (bicyclic) bond motifs is 1. The van der Waals surface area contributed by atoms with E-state index >= 15 is 0 Å². The van der Waals surface area contributed by atoms with E-state index in [9.17, 15) is 0 Å². The molecule has 128 valence electrons. The van der Waals surface area contributed by atoms with Gasteiger partial charge < -0.3 is 9.31 Å². The van der Waals surface area contributed by atoms with Crippen molar-refractivity contribution >= 4 is 23.5 Å². The summed E-state index contributed by atoms with van der Waals surface area (Å²) >= 11 is 0. The minimum Gasteiger partial charge on any atom is -0.399 e. The summed E-state index contributed by atoms with van der Waals surface area (Å²) in [6.07, 6.45) is 5.63. The molecule has 0 amide bonds. The molecule has 0 bridgehead atoms. The maximum absolute atomic E-state index is 6.10. The van der Waals surface area contributed by atoms with Crippen LogP contribution in [-0.2, 0) is 15.9 Å². The average molecular weight is 335 g/mol. The lowest BCUT2D eigenvalue weighted by Gasteiger charge is -2.32. The summed E-state index contributed by atoms with van der Waals surface area (Å²) in [7, 11) is -0.385. The second kappa shape index (κ2) is 5.68. The maximum atomic E-state index is 6.10. The summed E-state index contributed by atoms with van der Waals surface area (Å²) in [5.74, 6) is 0. The second-order valence-corrected chi connectivity index (χ2v) is 7.55. The number of para-hydroxylation sites is 1. The minimum absolute atomic E-state index is 0.348. The van der Waals surface area contributed by atoms with E-state index in [-0.39, 0.29) is 18.3 Å². The van der Waals surface area contributed by atoms with E-state index in [4.69, 9.17) is 9.31 Å².